The van der Waals surface area contributed by atoms with Crippen molar-refractivity contribution in [2.24, 2.45) is 12.8 Å². The lowest BCUT2D eigenvalue weighted by Crippen LogP contribution is -2.04. The van der Waals surface area contributed by atoms with E-state index in [0.29, 0.717) is 11.8 Å². The largest absolute Gasteiger partial charge is 0.418 e. The van der Waals surface area contributed by atoms with Gasteiger partial charge in [-0.2, -0.15) is 0 Å². The van der Waals surface area contributed by atoms with Crippen LogP contribution in [0, 0.1) is 0 Å². The number of imidazole rings is 1. The SMILES string of the molecule is C[C@H](N)c1nnc(-c2cncn2C)o1. The highest BCUT2D eigenvalue weighted by Gasteiger charge is 2.13. The Morgan fingerprint density at radius 1 is 1.50 bits per heavy atom. The minimum Gasteiger partial charge on any atom is -0.418 e. The van der Waals surface area contributed by atoms with Crippen molar-refractivity contribution in [2.45, 2.75) is 13.0 Å². The van der Waals surface area contributed by atoms with Crippen LogP contribution >= 0.6 is 0 Å². The zero-order chi connectivity index (χ0) is 10.1. The van der Waals surface area contributed by atoms with Crippen molar-refractivity contribution in [3.63, 3.8) is 0 Å². The Labute approximate surface area is 80.8 Å². The lowest BCUT2D eigenvalue weighted by molar-refractivity contribution is 0.471. The number of hydrogen-bond donors (Lipinski definition) is 1. The lowest BCUT2D eigenvalue weighted by Gasteiger charge is -1.96. The third-order valence-corrected chi connectivity index (χ3v) is 1.87. The average molecular weight is 193 g/mol. The second kappa shape index (κ2) is 3.22. The highest BCUT2D eigenvalue weighted by molar-refractivity contribution is 5.44. The summed E-state index contributed by atoms with van der Waals surface area (Å²) in [6.45, 7) is 1.79. The first-order chi connectivity index (χ1) is 6.68. The van der Waals surface area contributed by atoms with Crippen LogP contribution in [0.15, 0.2) is 16.9 Å². The van der Waals surface area contributed by atoms with Crippen molar-refractivity contribution in [3.8, 4) is 11.6 Å². The molecule has 2 aromatic heterocycles. The molecule has 2 N–H and O–H groups in total. The number of aryl methyl sites for hydroxylation is 1. The summed E-state index contributed by atoms with van der Waals surface area (Å²) in [6, 6.07) is -0.246. The summed E-state index contributed by atoms with van der Waals surface area (Å²) in [5, 5.41) is 7.71. The van der Waals surface area contributed by atoms with Gasteiger partial charge in [0.1, 0.15) is 5.69 Å². The Balaban J connectivity index is 2.39. The molecule has 2 rings (SSSR count). The first-order valence-corrected chi connectivity index (χ1v) is 4.24. The van der Waals surface area contributed by atoms with Crippen LogP contribution < -0.4 is 5.73 Å². The van der Waals surface area contributed by atoms with Gasteiger partial charge in [0.15, 0.2) is 0 Å². The van der Waals surface area contributed by atoms with Gasteiger partial charge in [-0.25, -0.2) is 4.98 Å². The van der Waals surface area contributed by atoms with Crippen LogP contribution in [-0.2, 0) is 7.05 Å². The van der Waals surface area contributed by atoms with Crippen LogP contribution in [0.5, 0.6) is 0 Å². The minimum absolute atomic E-state index is 0.246. The molecule has 6 nitrogen and oxygen atoms in total. The second-order valence-electron chi connectivity index (χ2n) is 3.12. The quantitative estimate of drug-likeness (QED) is 0.750. The lowest BCUT2D eigenvalue weighted by atomic mass is 10.4. The monoisotopic (exact) mass is 193 g/mol. The summed E-state index contributed by atoms with van der Waals surface area (Å²) >= 11 is 0. The maximum absolute atomic E-state index is 5.60. The number of nitrogens with two attached hydrogens (primary N) is 1. The Kier molecular flexibility index (Phi) is 2.05. The highest BCUT2D eigenvalue weighted by atomic mass is 16.4. The summed E-state index contributed by atoms with van der Waals surface area (Å²) in [4.78, 5) is 3.96. The Hall–Kier alpha value is -1.69. The van der Waals surface area contributed by atoms with E-state index in [0.717, 1.165) is 5.69 Å². The fraction of sp³-hybridized carbons (Fsp3) is 0.375. The van der Waals surface area contributed by atoms with Crippen LogP contribution in [0.25, 0.3) is 11.6 Å². The number of rotatable bonds is 2. The molecule has 0 amide bonds. The third kappa shape index (κ3) is 1.39. The van der Waals surface area contributed by atoms with E-state index in [1.807, 2.05) is 7.05 Å². The van der Waals surface area contributed by atoms with Crippen LogP contribution in [0.3, 0.4) is 0 Å². The summed E-state index contributed by atoms with van der Waals surface area (Å²) < 4.78 is 7.17. The zero-order valence-corrected chi connectivity index (χ0v) is 8.01. The van der Waals surface area contributed by atoms with Crippen LogP contribution in [-0.4, -0.2) is 19.7 Å². The summed E-state index contributed by atoms with van der Waals surface area (Å²) in [5.74, 6) is 0.874. The van der Waals surface area contributed by atoms with Crippen molar-refractivity contribution in [3.05, 3.63) is 18.4 Å². The molecule has 0 aliphatic heterocycles. The molecule has 0 saturated carbocycles. The van der Waals surface area contributed by atoms with Crippen molar-refractivity contribution >= 4 is 0 Å². The molecule has 0 unspecified atom stereocenters. The summed E-state index contributed by atoms with van der Waals surface area (Å²) in [7, 11) is 1.86. The van der Waals surface area contributed by atoms with E-state index in [1.54, 1.807) is 24.0 Å². The fourth-order valence-electron chi connectivity index (χ4n) is 1.09. The van der Waals surface area contributed by atoms with Gasteiger partial charge >= 0.3 is 0 Å². The van der Waals surface area contributed by atoms with E-state index in [9.17, 15) is 0 Å². The summed E-state index contributed by atoms with van der Waals surface area (Å²) in [5.41, 5.74) is 6.38. The van der Waals surface area contributed by atoms with Gasteiger partial charge in [0.2, 0.25) is 5.89 Å². The number of nitrogens with zero attached hydrogens (tertiary/aromatic N) is 4. The summed E-state index contributed by atoms with van der Waals surface area (Å²) in [6.07, 6.45) is 3.34. The van der Waals surface area contributed by atoms with Crippen LogP contribution in [0.4, 0.5) is 0 Å². The van der Waals surface area contributed by atoms with Gasteiger partial charge in [-0.3, -0.25) is 0 Å². The molecule has 0 bridgehead atoms. The molecular weight excluding hydrogens is 182 g/mol. The van der Waals surface area contributed by atoms with E-state index >= 15 is 0 Å². The minimum atomic E-state index is -0.246. The molecule has 14 heavy (non-hydrogen) atoms. The fourth-order valence-corrected chi connectivity index (χ4v) is 1.09. The molecule has 0 spiro atoms. The second-order valence-corrected chi connectivity index (χ2v) is 3.12. The van der Waals surface area contributed by atoms with Gasteiger partial charge < -0.3 is 14.7 Å². The zero-order valence-electron chi connectivity index (χ0n) is 8.01. The number of aromatic nitrogens is 4. The molecule has 74 valence electrons. The molecule has 0 saturated heterocycles. The van der Waals surface area contributed by atoms with Crippen molar-refractivity contribution in [1.82, 2.24) is 19.7 Å². The maximum Gasteiger partial charge on any atom is 0.266 e. The molecule has 1 atom stereocenters. The van der Waals surface area contributed by atoms with Crippen LogP contribution in [0.2, 0.25) is 0 Å². The standard InChI is InChI=1S/C8H11N5O/c1-5(9)7-11-12-8(14-7)6-3-10-4-13(6)2/h3-5H,9H2,1-2H3/t5-/m0/s1. The first-order valence-electron chi connectivity index (χ1n) is 4.24. The maximum atomic E-state index is 5.60. The predicted molar refractivity (Wildman–Crippen MR) is 49.1 cm³/mol. The van der Waals surface area contributed by atoms with Gasteiger partial charge in [0.05, 0.1) is 18.6 Å². The van der Waals surface area contributed by atoms with E-state index < -0.39 is 0 Å². The van der Waals surface area contributed by atoms with Crippen molar-refractivity contribution in [1.29, 1.82) is 0 Å². The predicted octanol–water partition coefficient (Wildman–Crippen LogP) is 0.490. The molecule has 6 heteroatoms. The van der Waals surface area contributed by atoms with Crippen LogP contribution in [0.1, 0.15) is 18.9 Å². The van der Waals surface area contributed by atoms with E-state index in [-0.39, 0.29) is 6.04 Å². The van der Waals surface area contributed by atoms with Crippen molar-refractivity contribution < 1.29 is 4.42 Å². The molecular formula is C8H11N5O. The van der Waals surface area contributed by atoms with Gasteiger partial charge in [-0.05, 0) is 6.92 Å². The van der Waals surface area contributed by atoms with Gasteiger partial charge in [-0.15, -0.1) is 10.2 Å². The van der Waals surface area contributed by atoms with Gasteiger partial charge in [0, 0.05) is 7.05 Å². The van der Waals surface area contributed by atoms with E-state index in [4.69, 9.17) is 10.2 Å². The van der Waals surface area contributed by atoms with Crippen molar-refractivity contribution in [2.75, 3.05) is 0 Å². The average Bonchev–Trinajstić information content (AvgIpc) is 2.71. The topological polar surface area (TPSA) is 82.8 Å². The smallest absolute Gasteiger partial charge is 0.266 e. The number of hydrogen-bond acceptors (Lipinski definition) is 5. The molecule has 2 heterocycles. The van der Waals surface area contributed by atoms with Gasteiger partial charge in [0.25, 0.3) is 5.89 Å². The Morgan fingerprint density at radius 3 is 2.79 bits per heavy atom. The highest BCUT2D eigenvalue weighted by Crippen LogP contribution is 2.18. The molecule has 0 aliphatic carbocycles. The molecule has 0 radical (unpaired) electrons. The molecule has 0 aromatic carbocycles. The van der Waals surface area contributed by atoms with E-state index in [1.165, 1.54) is 0 Å². The molecule has 2 aromatic rings. The Bertz CT molecular complexity index is 430. The molecule has 0 fully saturated rings. The van der Waals surface area contributed by atoms with Gasteiger partial charge in [-0.1, -0.05) is 0 Å². The normalized spacial score (nSPS) is 13.1. The molecule has 0 aliphatic rings. The first kappa shape index (κ1) is 8.89. The van der Waals surface area contributed by atoms with E-state index in [2.05, 4.69) is 15.2 Å². The third-order valence-electron chi connectivity index (χ3n) is 1.87. The Morgan fingerprint density at radius 2 is 2.29 bits per heavy atom.